The second-order valence-corrected chi connectivity index (χ2v) is 58.4. The van der Waals surface area contributed by atoms with Gasteiger partial charge in [0.1, 0.15) is 12.4 Å². The van der Waals surface area contributed by atoms with Gasteiger partial charge in [0.2, 0.25) is 0 Å². The van der Waals surface area contributed by atoms with Crippen LogP contribution in [0.25, 0.3) is 0 Å². The Balaban J connectivity index is -0.000000142. The number of piperidine rings is 1. The fraction of sp³-hybridized carbons (Fsp3) is 0.724. The second-order valence-electron chi connectivity index (χ2n) is 8.73. The van der Waals surface area contributed by atoms with Crippen molar-refractivity contribution in [3.8, 4) is 5.75 Å². The van der Waals surface area contributed by atoms with Gasteiger partial charge in [0.25, 0.3) is 0 Å². The number of para-hydroxylation sites is 1. The number of alkyl halides is 1. The number of nitrogens with zero attached hydrogens (tertiary/aromatic N) is 2. The van der Waals surface area contributed by atoms with Crippen LogP contribution in [0.2, 0.25) is 0 Å². The van der Waals surface area contributed by atoms with Crippen molar-refractivity contribution >= 4 is 122 Å². The molecule has 0 saturated carbocycles. The van der Waals surface area contributed by atoms with Gasteiger partial charge in [-0.1, -0.05) is 54.6 Å². The molecule has 0 unspecified atom stereocenters. The molecule has 1 aromatic rings. The molecule has 2 saturated heterocycles. The van der Waals surface area contributed by atoms with Crippen molar-refractivity contribution < 1.29 is 34.4 Å². The molecule has 0 bridgehead atoms. The van der Waals surface area contributed by atoms with Crippen molar-refractivity contribution in [3.05, 3.63) is 44.2 Å². The molecule has 4 N–H and O–H groups in total. The number of hydrogen-bond acceptors (Lipinski definition) is 7. The maximum atomic E-state index is 8.63. The van der Waals surface area contributed by atoms with E-state index in [2.05, 4.69) is 172 Å². The van der Waals surface area contributed by atoms with Crippen LogP contribution in [0.1, 0.15) is 47.0 Å². The molecular formula is C29H58I6N3O4V2-2. The van der Waals surface area contributed by atoms with E-state index in [-0.39, 0.29) is 11.5 Å². The zero-order valence-corrected chi connectivity index (χ0v) is 42.9. The third-order valence-corrected chi connectivity index (χ3v) is 5.11. The number of likely N-dealkylation sites (N-methyl/N-ethyl adjacent to an activating group) is 1. The molecule has 0 spiro atoms. The van der Waals surface area contributed by atoms with Gasteiger partial charge in [0.15, 0.2) is 0 Å². The molecule has 0 radical (unpaired) electrons. The van der Waals surface area contributed by atoms with Gasteiger partial charge in [0, 0.05) is 43.3 Å². The van der Waals surface area contributed by atoms with Gasteiger partial charge in [-0.15, -0.1) is 0 Å². The Morgan fingerprint density at radius 3 is 1.70 bits per heavy atom. The van der Waals surface area contributed by atoms with E-state index in [0.717, 1.165) is 67.8 Å². The van der Waals surface area contributed by atoms with Crippen LogP contribution in [-0.4, -0.2) is 108 Å². The predicted molar refractivity (Wildman–Crippen MR) is 239 cm³/mol. The summed E-state index contributed by atoms with van der Waals surface area (Å²) in [5, 5.41) is 28.9. The molecule has 2 aliphatic heterocycles. The van der Waals surface area contributed by atoms with Gasteiger partial charge in [-0.3, -0.25) is 4.90 Å². The summed E-state index contributed by atoms with van der Waals surface area (Å²) in [6.07, 6.45) is 3.50. The number of β-amino-alcohol motifs (C(OH)–C–C–N with tert-alkyl or cyclic N) is 1. The molecule has 1 aromatic carbocycles. The van der Waals surface area contributed by atoms with Gasteiger partial charge in [-0.25, -0.2) is 0 Å². The van der Waals surface area contributed by atoms with E-state index in [1.807, 2.05) is 30.3 Å². The number of aliphatic hydroxyl groups excluding tert-OH is 3. The van der Waals surface area contributed by atoms with E-state index < -0.39 is 0 Å². The average molecular weight is 1380 g/mol. The molecule has 267 valence electrons. The molecular weight excluding hydrogens is 1320 g/mol. The maximum absolute atomic E-state index is 8.63. The Morgan fingerprint density at radius 1 is 0.909 bits per heavy atom. The first kappa shape index (κ1) is 57.7. The Kier molecular flexibility index (Phi) is 67.7. The number of aliphatic hydroxyl groups is 3. The van der Waals surface area contributed by atoms with E-state index in [4.69, 9.17) is 20.1 Å². The van der Waals surface area contributed by atoms with Gasteiger partial charge in [-0.2, -0.15) is 13.8 Å². The summed E-state index contributed by atoms with van der Waals surface area (Å²) in [6.45, 7) is 23.0. The number of hydrogen-bond donors (Lipinski definition) is 4. The monoisotopic (exact) mass is 1380 g/mol. The predicted octanol–water partition coefficient (Wildman–Crippen LogP) is 8.59. The molecule has 3 rings (SSSR count). The standard InChI is InChI=1S/C8H10O2.C7H16N2O.C7H15NO.C3H7I.2C2H5.5HI.2V/c9-6-7-10-8-4-2-1-3-5-8;1-8-2-4-9(5-3-8)6-7-10;9-6-3-7-1-4-8-5-2-7;1-3(2)4;2*1-2;;;;;;;/h1-5,9H,6-7H2;10H,2-7H2,1H3;7-9H,1-6H2;3H,1-2H3;2*1H2,2H3;5*1H;;/q;;;;2*-1;;;;;;+2;+3/p-5. The van der Waals surface area contributed by atoms with Crippen LogP contribution in [0.3, 0.4) is 0 Å². The summed E-state index contributed by atoms with van der Waals surface area (Å²) in [6, 6.07) is 9.43. The molecule has 2 aliphatic rings. The summed E-state index contributed by atoms with van der Waals surface area (Å²) in [7, 11) is 2.76. The van der Waals surface area contributed by atoms with Crippen LogP contribution in [-0.2, 0) is 14.4 Å². The van der Waals surface area contributed by atoms with Gasteiger partial charge < -0.3 is 44.1 Å². The van der Waals surface area contributed by atoms with Crippen molar-refractivity contribution in [2.24, 2.45) is 5.92 Å². The SMILES string of the molecule is CC(C)I.CN1CCN(CCO)CC1.OCCC1CCNCC1.OCCOc1ccccc1.[CH2-]C.[CH2-]C.[I][V]([I])[I].[I][V][I]. The fourth-order valence-electron chi connectivity index (χ4n) is 3.25. The van der Waals surface area contributed by atoms with Crippen molar-refractivity contribution in [2.75, 3.05) is 79.3 Å². The van der Waals surface area contributed by atoms with Crippen LogP contribution in [0.15, 0.2) is 30.3 Å². The van der Waals surface area contributed by atoms with Gasteiger partial charge in [-0.05, 0) is 57.5 Å². The topological polar surface area (TPSA) is 88.4 Å². The third kappa shape index (κ3) is 58.5. The van der Waals surface area contributed by atoms with E-state index in [0.29, 0.717) is 29.3 Å². The number of ether oxygens (including phenoxy) is 1. The van der Waals surface area contributed by atoms with Crippen LogP contribution < -0.4 is 10.1 Å². The molecule has 15 heteroatoms. The van der Waals surface area contributed by atoms with Crippen molar-refractivity contribution in [1.29, 1.82) is 0 Å². The molecule has 0 aliphatic carbocycles. The Morgan fingerprint density at radius 2 is 1.34 bits per heavy atom. The van der Waals surface area contributed by atoms with Crippen LogP contribution >= 0.6 is 122 Å². The minimum absolute atomic E-state index is 0.0644. The molecule has 0 aromatic heterocycles. The van der Waals surface area contributed by atoms with E-state index in [1.165, 1.54) is 12.8 Å². The van der Waals surface area contributed by atoms with Crippen molar-refractivity contribution in [2.45, 2.75) is 50.9 Å². The van der Waals surface area contributed by atoms with Crippen LogP contribution in [0.4, 0.5) is 0 Å². The summed E-state index contributed by atoms with van der Waals surface area (Å²) >= 11 is 14.5. The number of benzene rings is 1. The first-order chi connectivity index (χ1) is 21.1. The Hall–Kier alpha value is 4.33. The zero-order chi connectivity index (χ0) is 35.0. The van der Waals surface area contributed by atoms with E-state index in [9.17, 15) is 0 Å². The molecule has 44 heavy (non-hydrogen) atoms. The Labute approximate surface area is 352 Å². The number of rotatable bonds is 7. The first-order valence-corrected chi connectivity index (χ1v) is 38.2. The molecule has 0 amide bonds. The second kappa shape index (κ2) is 51.7. The molecule has 2 fully saturated rings. The summed E-state index contributed by atoms with van der Waals surface area (Å²) in [5.41, 5.74) is 0. The van der Waals surface area contributed by atoms with Gasteiger partial charge >= 0.3 is 114 Å². The number of nitrogens with one attached hydrogen (secondary N) is 1. The van der Waals surface area contributed by atoms with Crippen molar-refractivity contribution in [1.82, 2.24) is 15.1 Å². The molecule has 0 atom stereocenters. The molecule has 7 nitrogen and oxygen atoms in total. The first-order valence-electron chi connectivity index (χ1n) is 14.4. The fourth-order valence-corrected chi connectivity index (χ4v) is 3.25. The summed E-state index contributed by atoms with van der Waals surface area (Å²) < 4.78 is 5.91. The zero-order valence-electron chi connectivity index (χ0n) is 27.2. The minimum atomic E-state index is -0.278. The van der Waals surface area contributed by atoms with E-state index in [1.54, 1.807) is 13.8 Å². The van der Waals surface area contributed by atoms with Crippen LogP contribution in [0.5, 0.6) is 5.75 Å². The quantitative estimate of drug-likeness (QED) is 0.124. The van der Waals surface area contributed by atoms with Crippen LogP contribution in [0, 0.1) is 19.8 Å². The third-order valence-electron chi connectivity index (χ3n) is 5.11. The van der Waals surface area contributed by atoms with Gasteiger partial charge in [0.05, 0.1) is 13.2 Å². The normalized spacial score (nSPS) is 14.2. The van der Waals surface area contributed by atoms with E-state index >= 15 is 0 Å². The summed E-state index contributed by atoms with van der Waals surface area (Å²) in [4.78, 5) is 4.33. The molecule has 2 heterocycles. The number of halogens is 6. The summed E-state index contributed by atoms with van der Waals surface area (Å²) in [5.74, 6) is 1.59. The number of piperazine rings is 1. The average Bonchev–Trinajstić information content (AvgIpc) is 3.01. The van der Waals surface area contributed by atoms with Crippen molar-refractivity contribution in [3.63, 3.8) is 0 Å². The Bertz CT molecular complexity index is 583.